The fourth-order valence-electron chi connectivity index (χ4n) is 6.91. The molecular weight excluding hydrogens is 579 g/mol. The van der Waals surface area contributed by atoms with E-state index in [9.17, 15) is 14.4 Å². The Kier molecular flexibility index (Phi) is 6.06. The van der Waals surface area contributed by atoms with Gasteiger partial charge in [0, 0.05) is 6.42 Å². The van der Waals surface area contributed by atoms with Crippen LogP contribution in [0, 0.1) is 11.8 Å². The Morgan fingerprint density at radius 2 is 1.15 bits per heavy atom. The molecule has 8 rings (SSSR count). The molecule has 0 unspecified atom stereocenters. The molecule has 1 aliphatic heterocycles. The zero-order valence-corrected chi connectivity index (χ0v) is 23.8. The number of halogens is 3. The Labute approximate surface area is 252 Å². The summed E-state index contributed by atoms with van der Waals surface area (Å²) in [6.07, 6.45) is 0.110. The van der Waals surface area contributed by atoms with E-state index in [1.54, 1.807) is 24.3 Å². The standard InChI is InChI=1S/C33H23Cl3N2O3/c34-24-16-8-9-17-25(24)37-29(39)26(18-19-10-2-1-3-11-19)38-30(40)27-28(31(38)41)33(36)21-13-5-4-12-20(21)32(27,35)22-14-6-7-15-23(22)33/h1-17,26-28H,18H2,(H,37,39)/t26-,27-,28+,32?,33?/m1/s1. The summed E-state index contributed by atoms with van der Waals surface area (Å²) in [7, 11) is 0. The molecular formula is C33H23Cl3N2O3. The molecule has 1 saturated heterocycles. The summed E-state index contributed by atoms with van der Waals surface area (Å²) in [5.74, 6) is -3.55. The summed E-state index contributed by atoms with van der Waals surface area (Å²) in [4.78, 5) is 41.4. The molecule has 0 spiro atoms. The summed E-state index contributed by atoms with van der Waals surface area (Å²) >= 11 is 21.5. The minimum Gasteiger partial charge on any atom is -0.323 e. The lowest BCUT2D eigenvalue weighted by Gasteiger charge is -2.54. The van der Waals surface area contributed by atoms with E-state index in [-0.39, 0.29) is 6.42 Å². The van der Waals surface area contributed by atoms with Crippen LogP contribution in [0.2, 0.25) is 5.02 Å². The van der Waals surface area contributed by atoms with Crippen LogP contribution >= 0.6 is 34.8 Å². The van der Waals surface area contributed by atoms with Crippen LogP contribution in [-0.2, 0) is 30.6 Å². The van der Waals surface area contributed by atoms with Crippen LogP contribution in [0.4, 0.5) is 5.69 Å². The highest BCUT2D eigenvalue weighted by Gasteiger charge is 2.73. The number of imide groups is 1. The molecule has 2 bridgehead atoms. The van der Waals surface area contributed by atoms with Gasteiger partial charge in [0.15, 0.2) is 0 Å². The van der Waals surface area contributed by atoms with E-state index in [1.807, 2.05) is 78.9 Å². The second kappa shape index (κ2) is 9.45. The quantitative estimate of drug-likeness (QED) is 0.210. The van der Waals surface area contributed by atoms with Crippen molar-refractivity contribution in [3.05, 3.63) is 136 Å². The minimum absolute atomic E-state index is 0.110. The molecule has 4 aliphatic rings. The zero-order chi connectivity index (χ0) is 28.5. The van der Waals surface area contributed by atoms with Crippen LogP contribution in [0.25, 0.3) is 0 Å². The van der Waals surface area contributed by atoms with Crippen LogP contribution in [0.3, 0.4) is 0 Å². The van der Waals surface area contributed by atoms with Gasteiger partial charge in [0.1, 0.15) is 15.8 Å². The van der Waals surface area contributed by atoms with Crippen LogP contribution in [0.15, 0.2) is 103 Å². The fraction of sp³-hybridized carbons (Fsp3) is 0.182. The fourth-order valence-corrected chi connectivity index (χ4v) is 8.19. The third-order valence-electron chi connectivity index (χ3n) is 8.64. The first kappa shape index (κ1) is 26.3. The van der Waals surface area contributed by atoms with Gasteiger partial charge in [-0.3, -0.25) is 19.3 Å². The Hall–Kier alpha value is -3.64. The van der Waals surface area contributed by atoms with E-state index in [0.717, 1.165) is 10.5 Å². The van der Waals surface area contributed by atoms with Crippen LogP contribution in [0.5, 0.6) is 0 Å². The van der Waals surface area contributed by atoms with Gasteiger partial charge in [0.25, 0.3) is 0 Å². The summed E-state index contributed by atoms with van der Waals surface area (Å²) in [5, 5.41) is 3.18. The normalized spacial score (nSPS) is 26.3. The molecule has 1 fully saturated rings. The Balaban J connectivity index is 1.37. The monoisotopic (exact) mass is 600 g/mol. The Morgan fingerprint density at radius 3 is 1.63 bits per heavy atom. The van der Waals surface area contributed by atoms with E-state index < -0.39 is 45.3 Å². The van der Waals surface area contributed by atoms with Crippen molar-refractivity contribution in [3.63, 3.8) is 0 Å². The first-order chi connectivity index (χ1) is 19.8. The third-order valence-corrected chi connectivity index (χ3v) is 10.3. The number of benzene rings is 4. The summed E-state index contributed by atoms with van der Waals surface area (Å²) in [5.41, 5.74) is 4.01. The van der Waals surface area contributed by atoms with Crippen molar-refractivity contribution < 1.29 is 14.4 Å². The molecule has 1 heterocycles. The van der Waals surface area contributed by atoms with Crippen molar-refractivity contribution in [3.8, 4) is 0 Å². The number of anilines is 1. The molecule has 5 nitrogen and oxygen atoms in total. The Morgan fingerprint density at radius 1 is 0.707 bits per heavy atom. The van der Waals surface area contributed by atoms with Gasteiger partial charge in [0.2, 0.25) is 17.7 Å². The number of carbonyl (C=O) groups excluding carboxylic acids is 3. The number of hydrogen-bond acceptors (Lipinski definition) is 3. The molecule has 4 aromatic rings. The maximum Gasteiger partial charge on any atom is 0.248 e. The number of nitrogens with zero attached hydrogens (tertiary/aromatic N) is 1. The molecule has 3 aliphatic carbocycles. The summed E-state index contributed by atoms with van der Waals surface area (Å²) in [6, 6.07) is 29.9. The lowest BCUT2D eigenvalue weighted by Crippen LogP contribution is -2.57. The molecule has 1 N–H and O–H groups in total. The number of carbonyl (C=O) groups is 3. The molecule has 3 atom stereocenters. The maximum atomic E-state index is 14.5. The highest BCUT2D eigenvalue weighted by atomic mass is 35.5. The van der Waals surface area contributed by atoms with E-state index in [4.69, 9.17) is 34.8 Å². The lowest BCUT2D eigenvalue weighted by molar-refractivity contribution is -0.146. The van der Waals surface area contributed by atoms with E-state index >= 15 is 0 Å². The van der Waals surface area contributed by atoms with Gasteiger partial charge in [-0.15, -0.1) is 23.2 Å². The predicted octanol–water partition coefficient (Wildman–Crippen LogP) is 6.48. The van der Waals surface area contributed by atoms with Crippen molar-refractivity contribution in [1.82, 2.24) is 4.90 Å². The van der Waals surface area contributed by atoms with Crippen LogP contribution in [0.1, 0.15) is 27.8 Å². The van der Waals surface area contributed by atoms with Crippen molar-refractivity contribution in [1.29, 1.82) is 0 Å². The minimum atomic E-state index is -1.33. The van der Waals surface area contributed by atoms with Crippen molar-refractivity contribution in [2.75, 3.05) is 5.32 Å². The van der Waals surface area contributed by atoms with Gasteiger partial charge in [-0.25, -0.2) is 0 Å². The number of para-hydroxylation sites is 1. The third kappa shape index (κ3) is 3.59. The molecule has 0 aromatic heterocycles. The lowest BCUT2D eigenvalue weighted by atomic mass is 9.54. The average molecular weight is 602 g/mol. The van der Waals surface area contributed by atoms with Gasteiger partial charge >= 0.3 is 0 Å². The maximum absolute atomic E-state index is 14.5. The van der Waals surface area contributed by atoms with Crippen LogP contribution in [-0.4, -0.2) is 28.7 Å². The molecule has 41 heavy (non-hydrogen) atoms. The number of amides is 3. The average Bonchev–Trinajstić information content (AvgIpc) is 3.27. The van der Waals surface area contributed by atoms with Gasteiger partial charge in [-0.05, 0) is 39.9 Å². The Bertz CT molecular complexity index is 1620. The van der Waals surface area contributed by atoms with Crippen LogP contribution < -0.4 is 5.32 Å². The van der Waals surface area contributed by atoms with Gasteiger partial charge in [-0.1, -0.05) is 103 Å². The zero-order valence-electron chi connectivity index (χ0n) is 21.6. The topological polar surface area (TPSA) is 66.5 Å². The van der Waals surface area contributed by atoms with E-state index in [0.29, 0.717) is 33.0 Å². The first-order valence-corrected chi connectivity index (χ1v) is 14.4. The second-order valence-electron chi connectivity index (χ2n) is 10.7. The second-order valence-corrected chi connectivity index (χ2v) is 12.3. The molecule has 4 aromatic carbocycles. The number of likely N-dealkylation sites (tertiary alicyclic amines) is 1. The van der Waals surface area contributed by atoms with Crippen molar-refractivity contribution in [2.45, 2.75) is 22.2 Å². The van der Waals surface area contributed by atoms with E-state index in [2.05, 4.69) is 5.32 Å². The molecule has 8 heteroatoms. The van der Waals surface area contributed by atoms with Crippen molar-refractivity contribution in [2.24, 2.45) is 11.8 Å². The highest BCUT2D eigenvalue weighted by Crippen LogP contribution is 2.69. The molecule has 0 radical (unpaired) electrons. The molecule has 0 saturated carbocycles. The van der Waals surface area contributed by atoms with E-state index in [1.165, 1.54) is 0 Å². The summed E-state index contributed by atoms with van der Waals surface area (Å²) < 4.78 is 0. The SMILES string of the molecule is O=C(Nc1ccccc1Cl)[C@@H](Cc1ccccc1)N1C(=O)[C@@H]2[C@H](C1=O)C1(Cl)c3ccccc3C2(Cl)c2ccccc21. The van der Waals surface area contributed by atoms with Gasteiger partial charge in [-0.2, -0.15) is 0 Å². The number of rotatable bonds is 5. The van der Waals surface area contributed by atoms with Gasteiger partial charge in [0.05, 0.1) is 22.5 Å². The number of nitrogens with one attached hydrogen (secondary N) is 1. The molecule has 204 valence electrons. The first-order valence-electron chi connectivity index (χ1n) is 13.3. The molecule has 3 amide bonds. The predicted molar refractivity (Wildman–Crippen MR) is 159 cm³/mol. The smallest absolute Gasteiger partial charge is 0.248 e. The summed E-state index contributed by atoms with van der Waals surface area (Å²) in [6.45, 7) is 0. The largest absolute Gasteiger partial charge is 0.323 e. The number of hydrogen-bond donors (Lipinski definition) is 1. The van der Waals surface area contributed by atoms with Crippen molar-refractivity contribution >= 4 is 58.2 Å². The number of alkyl halides is 2. The van der Waals surface area contributed by atoms with Gasteiger partial charge < -0.3 is 5.32 Å². The highest BCUT2D eigenvalue weighted by molar-refractivity contribution is 6.36.